The molecular formula is C23H24N2O3S. The van der Waals surface area contributed by atoms with E-state index in [0.717, 1.165) is 24.8 Å². The molecule has 0 fully saturated rings. The molecule has 2 aromatic carbocycles. The van der Waals surface area contributed by atoms with Crippen LogP contribution in [0.15, 0.2) is 52.4 Å². The second-order valence-corrected chi connectivity index (χ2v) is 8.63. The summed E-state index contributed by atoms with van der Waals surface area (Å²) in [6.45, 7) is 2.68. The number of carbonyl (C=O) groups is 1. The number of Topliss-reactive ketones (excluding diaryl/α,β-unsaturated/α-hetero) is 1. The first-order chi connectivity index (χ1) is 14.1. The second-order valence-electron chi connectivity index (χ2n) is 7.32. The molecule has 0 saturated carbocycles. The summed E-state index contributed by atoms with van der Waals surface area (Å²) in [5.41, 5.74) is 3.91. The highest BCUT2D eigenvalue weighted by Gasteiger charge is 2.22. The summed E-state index contributed by atoms with van der Waals surface area (Å²) in [5.74, 6) is 0.0606. The van der Waals surface area contributed by atoms with Gasteiger partial charge in [0.25, 0.3) is 5.56 Å². The molecule has 0 aliphatic heterocycles. The molecule has 0 amide bonds. The van der Waals surface area contributed by atoms with E-state index in [9.17, 15) is 9.59 Å². The van der Waals surface area contributed by atoms with Crippen LogP contribution in [-0.2, 0) is 24.1 Å². The van der Waals surface area contributed by atoms with E-state index in [1.54, 1.807) is 17.7 Å². The van der Waals surface area contributed by atoms with Crippen LogP contribution in [0.3, 0.4) is 0 Å². The lowest BCUT2D eigenvalue weighted by Gasteiger charge is -2.16. The summed E-state index contributed by atoms with van der Waals surface area (Å²) in [4.78, 5) is 30.7. The lowest BCUT2D eigenvalue weighted by Crippen LogP contribution is -2.26. The number of ether oxygens (including phenoxy) is 1. The minimum absolute atomic E-state index is 0.0606. The maximum absolute atomic E-state index is 13.1. The van der Waals surface area contributed by atoms with Crippen molar-refractivity contribution in [3.05, 3.63) is 69.5 Å². The van der Waals surface area contributed by atoms with Gasteiger partial charge in [-0.25, -0.2) is 4.98 Å². The number of carbonyl (C=O) groups excluding carboxylic acids is 1. The molecular weight excluding hydrogens is 384 g/mol. The van der Waals surface area contributed by atoms with Crippen LogP contribution in [0.4, 0.5) is 0 Å². The molecule has 1 atom stereocenters. The summed E-state index contributed by atoms with van der Waals surface area (Å²) in [7, 11) is 1.60. The number of nitrogens with zero attached hydrogens (tertiary/aromatic N) is 2. The Balaban J connectivity index is 1.65. The zero-order chi connectivity index (χ0) is 20.4. The van der Waals surface area contributed by atoms with Gasteiger partial charge < -0.3 is 4.74 Å². The normalized spacial score (nSPS) is 14.1. The van der Waals surface area contributed by atoms with Crippen LogP contribution in [0.25, 0.3) is 10.9 Å². The number of hydrogen-bond acceptors (Lipinski definition) is 5. The van der Waals surface area contributed by atoms with Gasteiger partial charge in [-0.2, -0.15) is 0 Å². The lowest BCUT2D eigenvalue weighted by atomic mass is 10.0. The number of aryl methyl sites for hydroxylation is 2. The van der Waals surface area contributed by atoms with E-state index in [4.69, 9.17) is 4.74 Å². The number of benzene rings is 2. The highest BCUT2D eigenvalue weighted by atomic mass is 32.2. The molecule has 4 rings (SSSR count). The van der Waals surface area contributed by atoms with Gasteiger partial charge in [0.05, 0.1) is 29.3 Å². The molecule has 0 bridgehead atoms. The molecule has 3 aromatic rings. The van der Waals surface area contributed by atoms with Gasteiger partial charge in [-0.3, -0.25) is 14.2 Å². The molecule has 150 valence electrons. The van der Waals surface area contributed by atoms with Crippen LogP contribution in [0.2, 0.25) is 0 Å². The Morgan fingerprint density at radius 1 is 1.21 bits per heavy atom. The number of para-hydroxylation sites is 1. The maximum Gasteiger partial charge on any atom is 0.262 e. The van der Waals surface area contributed by atoms with E-state index < -0.39 is 0 Å². The summed E-state index contributed by atoms with van der Waals surface area (Å²) >= 11 is 1.33. The van der Waals surface area contributed by atoms with Gasteiger partial charge in [-0.1, -0.05) is 36.0 Å². The molecule has 1 heterocycles. The van der Waals surface area contributed by atoms with Crippen molar-refractivity contribution in [2.24, 2.45) is 0 Å². The number of thioether (sulfide) groups is 1. The Kier molecular flexibility index (Phi) is 5.83. The number of aromatic nitrogens is 2. The zero-order valence-corrected chi connectivity index (χ0v) is 17.5. The van der Waals surface area contributed by atoms with E-state index in [2.05, 4.69) is 11.1 Å². The predicted octanol–water partition coefficient (Wildman–Crippen LogP) is 3.90. The second kappa shape index (κ2) is 8.51. The summed E-state index contributed by atoms with van der Waals surface area (Å²) < 4.78 is 6.78. The third kappa shape index (κ3) is 4.00. The monoisotopic (exact) mass is 408 g/mol. The van der Waals surface area contributed by atoms with Gasteiger partial charge in [-0.15, -0.1) is 0 Å². The number of rotatable bonds is 7. The minimum Gasteiger partial charge on any atom is -0.383 e. The highest BCUT2D eigenvalue weighted by Crippen LogP contribution is 2.28. The Labute approximate surface area is 174 Å². The van der Waals surface area contributed by atoms with Gasteiger partial charge in [-0.05, 0) is 55.5 Å². The van der Waals surface area contributed by atoms with Crippen LogP contribution >= 0.6 is 11.8 Å². The molecule has 0 saturated heterocycles. The molecule has 29 heavy (non-hydrogen) atoms. The number of ketones is 1. The van der Waals surface area contributed by atoms with Crippen LogP contribution in [0.5, 0.6) is 0 Å². The van der Waals surface area contributed by atoms with E-state index in [0.29, 0.717) is 29.2 Å². The Morgan fingerprint density at radius 3 is 2.83 bits per heavy atom. The van der Waals surface area contributed by atoms with Crippen molar-refractivity contribution in [1.29, 1.82) is 0 Å². The fourth-order valence-corrected chi connectivity index (χ4v) is 4.80. The molecule has 1 aliphatic rings. The SMILES string of the molecule is COCCn1c(SC(C)C(=O)c2ccc3c(c2)CCC3)nc2ccccc2c1=O. The smallest absolute Gasteiger partial charge is 0.262 e. The van der Waals surface area contributed by atoms with E-state index >= 15 is 0 Å². The molecule has 0 N–H and O–H groups in total. The average molecular weight is 409 g/mol. The van der Waals surface area contributed by atoms with Gasteiger partial charge in [0, 0.05) is 12.7 Å². The first kappa shape index (κ1) is 19.9. The van der Waals surface area contributed by atoms with Crippen LogP contribution < -0.4 is 5.56 Å². The molecule has 5 nitrogen and oxygen atoms in total. The molecule has 1 aromatic heterocycles. The fraction of sp³-hybridized carbons (Fsp3) is 0.348. The van der Waals surface area contributed by atoms with Crippen molar-refractivity contribution in [2.45, 2.75) is 43.1 Å². The van der Waals surface area contributed by atoms with Crippen LogP contribution in [0.1, 0.15) is 34.8 Å². The van der Waals surface area contributed by atoms with E-state index in [1.807, 2.05) is 37.3 Å². The fourth-order valence-electron chi connectivity index (χ4n) is 3.79. The topological polar surface area (TPSA) is 61.2 Å². The van der Waals surface area contributed by atoms with E-state index in [1.165, 1.54) is 22.9 Å². The molecule has 6 heteroatoms. The van der Waals surface area contributed by atoms with Gasteiger partial charge in [0.1, 0.15) is 0 Å². The van der Waals surface area contributed by atoms with Crippen molar-refractivity contribution < 1.29 is 9.53 Å². The van der Waals surface area contributed by atoms with Crippen LogP contribution in [0, 0.1) is 0 Å². The maximum atomic E-state index is 13.1. The van der Waals surface area contributed by atoms with Crippen molar-refractivity contribution in [3.8, 4) is 0 Å². The van der Waals surface area contributed by atoms with Gasteiger partial charge in [0.15, 0.2) is 10.9 Å². The quantitative estimate of drug-likeness (QED) is 0.337. The Bertz CT molecular complexity index is 1120. The van der Waals surface area contributed by atoms with Crippen molar-refractivity contribution in [2.75, 3.05) is 13.7 Å². The van der Waals surface area contributed by atoms with Crippen molar-refractivity contribution in [1.82, 2.24) is 9.55 Å². The Morgan fingerprint density at radius 2 is 2.00 bits per heavy atom. The number of hydrogen-bond donors (Lipinski definition) is 0. The first-order valence-corrected chi connectivity index (χ1v) is 10.8. The number of fused-ring (bicyclic) bond motifs is 2. The molecule has 0 radical (unpaired) electrons. The zero-order valence-electron chi connectivity index (χ0n) is 16.7. The van der Waals surface area contributed by atoms with Gasteiger partial charge in [0.2, 0.25) is 0 Å². The lowest BCUT2D eigenvalue weighted by molar-refractivity contribution is 0.0993. The van der Waals surface area contributed by atoms with Crippen LogP contribution in [-0.4, -0.2) is 34.3 Å². The summed E-state index contributed by atoms with van der Waals surface area (Å²) in [6.07, 6.45) is 3.30. The number of methoxy groups -OCH3 is 1. The van der Waals surface area contributed by atoms with Crippen molar-refractivity contribution in [3.63, 3.8) is 0 Å². The highest BCUT2D eigenvalue weighted by molar-refractivity contribution is 8.00. The first-order valence-electron chi connectivity index (χ1n) is 9.89. The average Bonchev–Trinajstić information content (AvgIpc) is 3.21. The third-order valence-electron chi connectivity index (χ3n) is 5.38. The molecule has 1 aliphatic carbocycles. The van der Waals surface area contributed by atoms with E-state index in [-0.39, 0.29) is 16.6 Å². The Hall–Kier alpha value is -2.44. The standard InChI is InChI=1S/C23H24N2O3S/c1-15(21(26)18-11-10-16-6-5-7-17(16)14-18)29-23-24-20-9-4-3-8-19(20)22(27)25(23)12-13-28-2/h3-4,8-11,14-15H,5-7,12-13H2,1-2H3. The molecule has 0 spiro atoms. The van der Waals surface area contributed by atoms with Gasteiger partial charge >= 0.3 is 0 Å². The molecule has 1 unspecified atom stereocenters. The summed E-state index contributed by atoms with van der Waals surface area (Å²) in [5, 5.41) is 0.773. The third-order valence-corrected chi connectivity index (χ3v) is 6.47. The minimum atomic E-state index is -0.351. The largest absolute Gasteiger partial charge is 0.383 e. The van der Waals surface area contributed by atoms with Crippen molar-refractivity contribution >= 4 is 28.4 Å². The predicted molar refractivity (Wildman–Crippen MR) is 116 cm³/mol. The summed E-state index contributed by atoms with van der Waals surface area (Å²) in [6, 6.07) is 13.3.